The summed E-state index contributed by atoms with van der Waals surface area (Å²) in [4.78, 5) is 5.09. The molecule has 3 aromatic carbocycles. The number of hydrogen-bond donors (Lipinski definition) is 0. The maximum absolute atomic E-state index is 6.17. The fraction of sp³-hybridized carbons (Fsp3) is 0.474. The van der Waals surface area contributed by atoms with Crippen LogP contribution in [0.25, 0.3) is 11.1 Å². The first-order chi connectivity index (χ1) is 21.2. The van der Waals surface area contributed by atoms with Gasteiger partial charge in [-0.1, -0.05) is 62.1 Å². The molecule has 2 aliphatic heterocycles. The number of nitrogens with zero attached hydrogens (tertiary/aromatic N) is 2. The molecule has 0 aliphatic carbocycles. The van der Waals surface area contributed by atoms with Gasteiger partial charge in [-0.3, -0.25) is 9.80 Å². The number of hydrogen-bond acceptors (Lipinski definition) is 5. The maximum Gasteiger partial charge on any atom is 0.119 e. The molecule has 2 heterocycles. The molecule has 43 heavy (non-hydrogen) atoms. The van der Waals surface area contributed by atoms with Gasteiger partial charge in [-0.15, -0.1) is 0 Å². The third-order valence-corrected chi connectivity index (χ3v) is 8.93. The summed E-state index contributed by atoms with van der Waals surface area (Å²) in [5.74, 6) is 2.71. The van der Waals surface area contributed by atoms with Crippen molar-refractivity contribution in [2.24, 2.45) is 0 Å². The molecule has 0 radical (unpaired) electrons. The van der Waals surface area contributed by atoms with Crippen LogP contribution in [0.4, 0.5) is 0 Å². The van der Waals surface area contributed by atoms with Crippen molar-refractivity contribution in [2.75, 3.05) is 59.6 Å². The van der Waals surface area contributed by atoms with Crippen LogP contribution in [0.3, 0.4) is 0 Å². The topological polar surface area (TPSA) is 34.2 Å². The van der Waals surface area contributed by atoms with Crippen molar-refractivity contribution in [1.82, 2.24) is 9.80 Å². The first-order valence-corrected chi connectivity index (χ1v) is 16.5. The number of rotatable bonds is 12. The molecule has 0 atom stereocenters. The van der Waals surface area contributed by atoms with E-state index in [4.69, 9.17) is 14.2 Å². The zero-order chi connectivity index (χ0) is 29.7. The third kappa shape index (κ3) is 9.35. The third-order valence-electron chi connectivity index (χ3n) is 8.93. The van der Waals surface area contributed by atoms with E-state index in [0.717, 1.165) is 43.6 Å². The van der Waals surface area contributed by atoms with Crippen LogP contribution in [0.5, 0.6) is 17.2 Å². The summed E-state index contributed by atoms with van der Waals surface area (Å²) in [7, 11) is 1.71. The second-order valence-corrected chi connectivity index (χ2v) is 12.0. The van der Waals surface area contributed by atoms with Gasteiger partial charge in [0.2, 0.25) is 0 Å². The smallest absolute Gasteiger partial charge is 0.119 e. The van der Waals surface area contributed by atoms with E-state index in [1.54, 1.807) is 7.11 Å². The lowest BCUT2D eigenvalue weighted by Crippen LogP contribution is -2.29. The highest BCUT2D eigenvalue weighted by atomic mass is 16.5. The summed E-state index contributed by atoms with van der Waals surface area (Å²) in [6, 6.07) is 25.5. The molecule has 0 saturated carbocycles. The van der Waals surface area contributed by atoms with Gasteiger partial charge in [0, 0.05) is 13.1 Å². The molecular weight excluding hydrogens is 532 g/mol. The van der Waals surface area contributed by atoms with Crippen molar-refractivity contribution in [3.63, 3.8) is 0 Å². The van der Waals surface area contributed by atoms with Gasteiger partial charge in [-0.05, 0) is 123 Å². The monoisotopic (exact) mass is 582 g/mol. The molecule has 5 nitrogen and oxygen atoms in total. The van der Waals surface area contributed by atoms with Gasteiger partial charge in [-0.25, -0.2) is 0 Å². The highest BCUT2D eigenvalue weighted by Crippen LogP contribution is 2.34. The second-order valence-electron chi connectivity index (χ2n) is 12.0. The predicted molar refractivity (Wildman–Crippen MR) is 178 cm³/mol. The van der Waals surface area contributed by atoms with Gasteiger partial charge >= 0.3 is 0 Å². The van der Waals surface area contributed by atoms with Gasteiger partial charge < -0.3 is 14.2 Å². The summed E-state index contributed by atoms with van der Waals surface area (Å²) in [6.45, 7) is 10.4. The van der Waals surface area contributed by atoms with Crippen LogP contribution < -0.4 is 14.2 Å². The van der Waals surface area contributed by atoms with Crippen LogP contribution >= 0.6 is 0 Å². The van der Waals surface area contributed by atoms with Crippen LogP contribution in [0.1, 0.15) is 75.0 Å². The van der Waals surface area contributed by atoms with Crippen LogP contribution in [0.15, 0.2) is 72.8 Å². The number of ether oxygens (including phenoxy) is 3. The normalized spacial score (nSPS) is 16.6. The fourth-order valence-electron chi connectivity index (χ4n) is 6.33. The van der Waals surface area contributed by atoms with E-state index in [-0.39, 0.29) is 0 Å². The van der Waals surface area contributed by atoms with Crippen molar-refractivity contribution in [2.45, 2.75) is 58.3 Å². The van der Waals surface area contributed by atoms with Gasteiger partial charge in [-0.2, -0.15) is 0 Å². The lowest BCUT2D eigenvalue weighted by Gasteiger charge is -2.20. The van der Waals surface area contributed by atoms with Crippen LogP contribution in [0.2, 0.25) is 0 Å². The second kappa shape index (κ2) is 16.5. The van der Waals surface area contributed by atoms with Crippen molar-refractivity contribution in [1.29, 1.82) is 0 Å². The Morgan fingerprint density at radius 2 is 0.884 bits per heavy atom. The van der Waals surface area contributed by atoms with E-state index in [1.807, 2.05) is 12.1 Å². The Labute approximate surface area is 259 Å². The molecule has 0 bridgehead atoms. The van der Waals surface area contributed by atoms with E-state index < -0.39 is 0 Å². The van der Waals surface area contributed by atoms with Gasteiger partial charge in [0.1, 0.15) is 30.5 Å². The standard InChI is InChI=1S/C38H50N2O3/c1-31(32-11-17-35(41-2)18-12-32)38(33-13-19-36(20-14-33)42-29-27-39-23-7-3-4-8-24-39)34-15-21-37(22-16-34)43-30-28-40-25-9-5-6-10-26-40/h11-22H,3-10,23-30H2,1-2H3. The molecule has 2 fully saturated rings. The number of likely N-dealkylation sites (tertiary alicyclic amines) is 2. The lowest BCUT2D eigenvalue weighted by molar-refractivity contribution is 0.214. The molecule has 5 heteroatoms. The zero-order valence-electron chi connectivity index (χ0n) is 26.4. The maximum atomic E-state index is 6.17. The molecule has 0 spiro atoms. The van der Waals surface area contributed by atoms with Crippen molar-refractivity contribution in [3.8, 4) is 17.2 Å². The highest BCUT2D eigenvalue weighted by Gasteiger charge is 2.14. The quantitative estimate of drug-likeness (QED) is 0.201. The molecular formula is C38H50N2O3. The molecule has 0 amide bonds. The SMILES string of the molecule is COc1ccc(C(C)=C(c2ccc(OCCN3CCCCCC3)cc2)c2ccc(OCCN3CCCCCC3)cc2)cc1. The highest BCUT2D eigenvalue weighted by molar-refractivity contribution is 5.98. The number of methoxy groups -OCH3 is 1. The van der Waals surface area contributed by atoms with Crippen LogP contribution in [-0.2, 0) is 0 Å². The van der Waals surface area contributed by atoms with Crippen LogP contribution in [0, 0.1) is 0 Å². The fourth-order valence-corrected chi connectivity index (χ4v) is 6.33. The van der Waals surface area contributed by atoms with Gasteiger partial charge in [0.25, 0.3) is 0 Å². The Morgan fingerprint density at radius 1 is 0.512 bits per heavy atom. The summed E-state index contributed by atoms with van der Waals surface area (Å²) in [5, 5.41) is 0. The molecule has 3 aromatic rings. The van der Waals surface area contributed by atoms with E-state index in [0.29, 0.717) is 0 Å². The Bertz CT molecular complexity index is 1180. The van der Waals surface area contributed by atoms with E-state index in [1.165, 1.54) is 105 Å². The zero-order valence-corrected chi connectivity index (χ0v) is 26.4. The number of allylic oxidation sites excluding steroid dienone is 1. The van der Waals surface area contributed by atoms with E-state index >= 15 is 0 Å². The first-order valence-electron chi connectivity index (χ1n) is 16.5. The summed E-state index contributed by atoms with van der Waals surface area (Å²) < 4.78 is 17.8. The van der Waals surface area contributed by atoms with Gasteiger partial charge in [0.05, 0.1) is 7.11 Å². The Kier molecular flexibility index (Phi) is 12.0. The molecule has 5 rings (SSSR count). The predicted octanol–water partition coefficient (Wildman–Crippen LogP) is 8.18. The first kappa shape index (κ1) is 31.2. The Hall–Kier alpha value is -3.28. The Morgan fingerprint density at radius 3 is 1.28 bits per heavy atom. The Balaban J connectivity index is 1.29. The minimum Gasteiger partial charge on any atom is -0.497 e. The van der Waals surface area contributed by atoms with E-state index in [9.17, 15) is 0 Å². The molecule has 2 aliphatic rings. The minimum absolute atomic E-state index is 0.728. The van der Waals surface area contributed by atoms with Crippen molar-refractivity contribution in [3.05, 3.63) is 89.5 Å². The molecule has 2 saturated heterocycles. The minimum atomic E-state index is 0.728. The average molecular weight is 583 g/mol. The summed E-state index contributed by atoms with van der Waals surface area (Å²) in [6.07, 6.45) is 10.7. The van der Waals surface area contributed by atoms with Gasteiger partial charge in [0.15, 0.2) is 0 Å². The molecule has 0 unspecified atom stereocenters. The lowest BCUT2D eigenvalue weighted by atomic mass is 9.90. The average Bonchev–Trinajstić information content (AvgIpc) is 3.48. The molecule has 230 valence electrons. The number of benzene rings is 3. The van der Waals surface area contributed by atoms with E-state index in [2.05, 4.69) is 77.4 Å². The largest absolute Gasteiger partial charge is 0.497 e. The summed E-state index contributed by atoms with van der Waals surface area (Å²) in [5.41, 5.74) is 5.93. The molecule has 0 aromatic heterocycles. The van der Waals surface area contributed by atoms with Crippen LogP contribution in [-0.4, -0.2) is 69.4 Å². The summed E-state index contributed by atoms with van der Waals surface area (Å²) >= 11 is 0. The molecule has 0 N–H and O–H groups in total. The van der Waals surface area contributed by atoms with Crippen molar-refractivity contribution >= 4 is 11.1 Å². The van der Waals surface area contributed by atoms with Crippen molar-refractivity contribution < 1.29 is 14.2 Å².